The zero-order chi connectivity index (χ0) is 13.3. The molecule has 0 bridgehead atoms. The highest BCUT2D eigenvalue weighted by Crippen LogP contribution is 2.30. The van der Waals surface area contributed by atoms with E-state index < -0.39 is 24.4 Å². The van der Waals surface area contributed by atoms with Gasteiger partial charge in [0.05, 0.1) is 11.9 Å². The Kier molecular flexibility index (Phi) is 3.16. The third kappa shape index (κ3) is 2.73. The highest BCUT2D eigenvalue weighted by Gasteiger charge is 2.32. The molecule has 1 unspecified atom stereocenters. The molecule has 0 saturated heterocycles. The molecule has 0 saturated carbocycles. The lowest BCUT2D eigenvalue weighted by atomic mass is 10.0. The summed E-state index contributed by atoms with van der Waals surface area (Å²) in [5.41, 5.74) is 1.13. The molecule has 2 aromatic rings. The molecule has 2 N–H and O–H groups in total. The van der Waals surface area contributed by atoms with Crippen molar-refractivity contribution in [2.75, 3.05) is 7.05 Å². The summed E-state index contributed by atoms with van der Waals surface area (Å²) in [6.07, 6.45) is -5.24. The van der Waals surface area contributed by atoms with E-state index in [2.05, 4.69) is 10.3 Å². The fourth-order valence-electron chi connectivity index (χ4n) is 1.80. The molecular formula is C11H11F3N2O2. The Hall–Kier alpha value is -1.76. The SMILES string of the molecule is CNC(CC(F)(F)F)c1ccc2[nH]c(=O)oc2c1. The lowest BCUT2D eigenvalue weighted by Crippen LogP contribution is -2.23. The molecule has 1 atom stereocenters. The summed E-state index contributed by atoms with van der Waals surface area (Å²) in [6.45, 7) is 0. The van der Waals surface area contributed by atoms with Crippen LogP contribution in [0.3, 0.4) is 0 Å². The van der Waals surface area contributed by atoms with Crippen LogP contribution in [0.25, 0.3) is 11.1 Å². The standard InChI is InChI=1S/C11H11F3N2O2/c1-15-8(5-11(12,13)14)6-2-3-7-9(4-6)18-10(17)16-7/h2-4,8,15H,5H2,1H3,(H,16,17). The van der Waals surface area contributed by atoms with Crippen molar-refractivity contribution in [1.82, 2.24) is 10.3 Å². The number of nitrogens with one attached hydrogen (secondary N) is 2. The zero-order valence-electron chi connectivity index (χ0n) is 9.47. The Morgan fingerprint density at radius 3 is 2.78 bits per heavy atom. The van der Waals surface area contributed by atoms with Gasteiger partial charge in [0, 0.05) is 6.04 Å². The lowest BCUT2D eigenvalue weighted by Gasteiger charge is -2.18. The molecular weight excluding hydrogens is 249 g/mol. The average Bonchev–Trinajstić information content (AvgIpc) is 2.63. The number of rotatable bonds is 3. The van der Waals surface area contributed by atoms with Crippen molar-refractivity contribution in [2.45, 2.75) is 18.6 Å². The van der Waals surface area contributed by atoms with Gasteiger partial charge in [-0.25, -0.2) is 4.79 Å². The quantitative estimate of drug-likeness (QED) is 0.890. The molecule has 4 nitrogen and oxygen atoms in total. The highest BCUT2D eigenvalue weighted by molar-refractivity contribution is 5.72. The molecule has 7 heteroatoms. The first-order chi connectivity index (χ1) is 8.39. The van der Waals surface area contributed by atoms with E-state index in [1.807, 2.05) is 0 Å². The van der Waals surface area contributed by atoms with Crippen LogP contribution in [0.15, 0.2) is 27.4 Å². The number of hydrogen-bond acceptors (Lipinski definition) is 3. The molecule has 1 aromatic carbocycles. The Labute approximate surface area is 99.8 Å². The molecule has 0 fully saturated rings. The van der Waals surface area contributed by atoms with Crippen LogP contribution >= 0.6 is 0 Å². The van der Waals surface area contributed by atoms with E-state index >= 15 is 0 Å². The number of H-pyrrole nitrogens is 1. The van der Waals surface area contributed by atoms with Crippen molar-refractivity contribution in [3.05, 3.63) is 34.3 Å². The normalized spacial score (nSPS) is 14.0. The summed E-state index contributed by atoms with van der Waals surface area (Å²) < 4.78 is 41.9. The van der Waals surface area contributed by atoms with Crippen molar-refractivity contribution >= 4 is 11.1 Å². The number of fused-ring (bicyclic) bond motifs is 1. The second-order valence-electron chi connectivity index (χ2n) is 3.93. The molecule has 1 heterocycles. The molecule has 18 heavy (non-hydrogen) atoms. The van der Waals surface area contributed by atoms with Crippen molar-refractivity contribution in [3.8, 4) is 0 Å². The molecule has 0 radical (unpaired) electrons. The van der Waals surface area contributed by atoms with Crippen LogP contribution in [-0.2, 0) is 0 Å². The smallest absolute Gasteiger partial charge is 0.408 e. The third-order valence-electron chi connectivity index (χ3n) is 2.63. The lowest BCUT2D eigenvalue weighted by molar-refractivity contribution is -0.140. The van der Waals surface area contributed by atoms with E-state index in [0.717, 1.165) is 0 Å². The van der Waals surface area contributed by atoms with Gasteiger partial charge in [-0.1, -0.05) is 6.07 Å². The van der Waals surface area contributed by atoms with Crippen molar-refractivity contribution in [2.24, 2.45) is 0 Å². The third-order valence-corrected chi connectivity index (χ3v) is 2.63. The van der Waals surface area contributed by atoms with Crippen LogP contribution in [0.2, 0.25) is 0 Å². The summed E-state index contributed by atoms with van der Waals surface area (Å²) in [7, 11) is 1.45. The number of aromatic amines is 1. The van der Waals surface area contributed by atoms with Gasteiger partial charge in [-0.2, -0.15) is 13.2 Å². The van der Waals surface area contributed by atoms with Crippen LogP contribution in [0.1, 0.15) is 18.0 Å². The Morgan fingerprint density at radius 2 is 2.17 bits per heavy atom. The molecule has 0 aliphatic rings. The minimum atomic E-state index is -4.26. The first-order valence-electron chi connectivity index (χ1n) is 5.26. The summed E-state index contributed by atoms with van der Waals surface area (Å²) in [4.78, 5) is 13.4. The fraction of sp³-hybridized carbons (Fsp3) is 0.364. The minimum absolute atomic E-state index is 0.250. The number of halogens is 3. The number of alkyl halides is 3. The maximum Gasteiger partial charge on any atom is 0.417 e. The Balaban J connectivity index is 2.36. The van der Waals surface area contributed by atoms with E-state index in [0.29, 0.717) is 11.1 Å². The second kappa shape index (κ2) is 4.49. The van der Waals surface area contributed by atoms with Crippen LogP contribution < -0.4 is 11.1 Å². The number of aromatic nitrogens is 1. The topological polar surface area (TPSA) is 58.0 Å². The van der Waals surface area contributed by atoms with Crippen LogP contribution in [0.4, 0.5) is 13.2 Å². The van der Waals surface area contributed by atoms with Crippen molar-refractivity contribution in [3.63, 3.8) is 0 Å². The summed E-state index contributed by atoms with van der Waals surface area (Å²) in [6, 6.07) is 3.62. The molecule has 0 spiro atoms. The van der Waals surface area contributed by atoms with Gasteiger partial charge < -0.3 is 9.73 Å². The predicted molar refractivity (Wildman–Crippen MR) is 59.3 cm³/mol. The molecule has 2 rings (SSSR count). The Bertz CT molecular complexity index is 600. The number of hydrogen-bond donors (Lipinski definition) is 2. The molecule has 0 aliphatic heterocycles. The number of benzene rings is 1. The van der Waals surface area contributed by atoms with Crippen LogP contribution in [-0.4, -0.2) is 18.2 Å². The first-order valence-corrected chi connectivity index (χ1v) is 5.26. The van der Waals surface area contributed by atoms with Crippen LogP contribution in [0, 0.1) is 0 Å². The first kappa shape index (κ1) is 12.7. The maximum atomic E-state index is 12.4. The van der Waals surface area contributed by atoms with Gasteiger partial charge in [0.2, 0.25) is 0 Å². The summed E-state index contributed by atoms with van der Waals surface area (Å²) in [5, 5.41) is 2.60. The van der Waals surface area contributed by atoms with Gasteiger partial charge in [-0.3, -0.25) is 4.98 Å². The summed E-state index contributed by atoms with van der Waals surface area (Å²) >= 11 is 0. The number of oxazole rings is 1. The zero-order valence-corrected chi connectivity index (χ0v) is 9.47. The van der Waals surface area contributed by atoms with Crippen molar-refractivity contribution in [1.29, 1.82) is 0 Å². The van der Waals surface area contributed by atoms with Gasteiger partial charge >= 0.3 is 11.9 Å². The Morgan fingerprint density at radius 1 is 1.44 bits per heavy atom. The molecule has 0 aliphatic carbocycles. The van der Waals surface area contributed by atoms with E-state index in [1.54, 1.807) is 0 Å². The van der Waals surface area contributed by atoms with E-state index in [4.69, 9.17) is 4.42 Å². The largest absolute Gasteiger partial charge is 0.417 e. The van der Waals surface area contributed by atoms with Gasteiger partial charge in [-0.05, 0) is 24.7 Å². The summed E-state index contributed by atoms with van der Waals surface area (Å²) in [5.74, 6) is -0.626. The van der Waals surface area contributed by atoms with Crippen molar-refractivity contribution < 1.29 is 17.6 Å². The van der Waals surface area contributed by atoms with Crippen LogP contribution in [0.5, 0.6) is 0 Å². The molecule has 1 aromatic heterocycles. The van der Waals surface area contributed by atoms with Gasteiger partial charge in [0.1, 0.15) is 0 Å². The molecule has 0 amide bonds. The van der Waals surface area contributed by atoms with E-state index in [-0.39, 0.29) is 5.58 Å². The van der Waals surface area contributed by atoms with E-state index in [1.165, 1.54) is 25.2 Å². The fourth-order valence-corrected chi connectivity index (χ4v) is 1.80. The average molecular weight is 260 g/mol. The molecule has 98 valence electrons. The highest BCUT2D eigenvalue weighted by atomic mass is 19.4. The van der Waals surface area contributed by atoms with Gasteiger partial charge in [0.25, 0.3) is 0 Å². The predicted octanol–water partition coefficient (Wildman–Crippen LogP) is 2.33. The second-order valence-corrected chi connectivity index (χ2v) is 3.93. The van der Waals surface area contributed by atoms with Gasteiger partial charge in [0.15, 0.2) is 5.58 Å². The monoisotopic (exact) mass is 260 g/mol. The van der Waals surface area contributed by atoms with Gasteiger partial charge in [-0.15, -0.1) is 0 Å². The minimum Gasteiger partial charge on any atom is -0.408 e. The maximum absolute atomic E-state index is 12.4. The van der Waals surface area contributed by atoms with E-state index in [9.17, 15) is 18.0 Å².